The number of nitrogens with one attached hydrogen (secondary N) is 2. The first-order chi connectivity index (χ1) is 11.2. The third kappa shape index (κ3) is 5.90. The minimum Gasteiger partial charge on any atom is -0.492 e. The van der Waals surface area contributed by atoms with E-state index in [9.17, 15) is 4.39 Å². The molecular formula is C17H22FN3OS. The van der Waals surface area contributed by atoms with Crippen molar-refractivity contribution in [3.63, 3.8) is 0 Å². The second-order valence-corrected chi connectivity index (χ2v) is 6.08. The van der Waals surface area contributed by atoms with Crippen LogP contribution in [0, 0.1) is 5.82 Å². The van der Waals surface area contributed by atoms with Crippen molar-refractivity contribution in [3.05, 3.63) is 52.5 Å². The van der Waals surface area contributed by atoms with Gasteiger partial charge in [0.25, 0.3) is 0 Å². The molecule has 0 saturated carbocycles. The van der Waals surface area contributed by atoms with E-state index in [0.717, 1.165) is 12.5 Å². The number of hydrogen-bond donors (Lipinski definition) is 2. The molecule has 0 aliphatic carbocycles. The number of aliphatic imine (C=N–C) groups is 1. The highest BCUT2D eigenvalue weighted by Gasteiger charge is 2.07. The van der Waals surface area contributed by atoms with Crippen LogP contribution in [0.25, 0.3) is 0 Å². The molecule has 0 radical (unpaired) electrons. The molecule has 4 nitrogen and oxygen atoms in total. The summed E-state index contributed by atoms with van der Waals surface area (Å²) in [5.41, 5.74) is 0. The van der Waals surface area contributed by atoms with Crippen molar-refractivity contribution in [2.45, 2.75) is 12.8 Å². The second kappa shape index (κ2) is 9.15. The number of guanidine groups is 1. The normalized spacial score (nSPS) is 12.7. The number of rotatable bonds is 7. The van der Waals surface area contributed by atoms with E-state index in [4.69, 9.17) is 4.74 Å². The molecule has 1 aromatic heterocycles. The molecule has 1 heterocycles. The van der Waals surface area contributed by atoms with Crippen LogP contribution in [0.4, 0.5) is 4.39 Å². The second-order valence-electron chi connectivity index (χ2n) is 5.10. The summed E-state index contributed by atoms with van der Waals surface area (Å²) in [4.78, 5) is 5.53. The van der Waals surface area contributed by atoms with Crippen LogP contribution in [0.3, 0.4) is 0 Å². The Morgan fingerprint density at radius 3 is 2.87 bits per heavy atom. The fourth-order valence-electron chi connectivity index (χ4n) is 2.04. The molecule has 23 heavy (non-hydrogen) atoms. The molecule has 1 unspecified atom stereocenters. The first kappa shape index (κ1) is 17.3. The van der Waals surface area contributed by atoms with Crippen molar-refractivity contribution in [1.82, 2.24) is 10.6 Å². The largest absolute Gasteiger partial charge is 0.492 e. The van der Waals surface area contributed by atoms with E-state index in [1.165, 1.54) is 17.0 Å². The summed E-state index contributed by atoms with van der Waals surface area (Å²) >= 11 is 1.76. The Labute approximate surface area is 140 Å². The Morgan fingerprint density at radius 1 is 1.30 bits per heavy atom. The summed E-state index contributed by atoms with van der Waals surface area (Å²) < 4.78 is 18.5. The number of benzene rings is 1. The van der Waals surface area contributed by atoms with Gasteiger partial charge >= 0.3 is 0 Å². The molecule has 2 aromatic rings. The third-order valence-corrected chi connectivity index (χ3v) is 4.39. The minimum atomic E-state index is -0.296. The zero-order valence-electron chi connectivity index (χ0n) is 13.4. The van der Waals surface area contributed by atoms with Crippen LogP contribution in [-0.2, 0) is 0 Å². The molecule has 0 fully saturated rings. The van der Waals surface area contributed by atoms with Gasteiger partial charge < -0.3 is 15.4 Å². The molecule has 1 atom stereocenters. The molecule has 1 aromatic carbocycles. The maximum Gasteiger partial charge on any atom is 0.191 e. The summed E-state index contributed by atoms with van der Waals surface area (Å²) in [5, 5.41) is 8.56. The summed E-state index contributed by atoms with van der Waals surface area (Å²) in [6, 6.07) is 10.3. The Hall–Kier alpha value is -2.08. The van der Waals surface area contributed by atoms with Crippen molar-refractivity contribution >= 4 is 17.3 Å². The Morgan fingerprint density at radius 2 is 2.17 bits per heavy atom. The van der Waals surface area contributed by atoms with Crippen molar-refractivity contribution in [2.24, 2.45) is 4.99 Å². The number of halogens is 1. The van der Waals surface area contributed by atoms with Crippen LogP contribution in [0.1, 0.15) is 17.7 Å². The molecule has 2 N–H and O–H groups in total. The molecule has 0 amide bonds. The van der Waals surface area contributed by atoms with Crippen LogP contribution in [0.15, 0.2) is 46.8 Å². The van der Waals surface area contributed by atoms with Crippen molar-refractivity contribution < 1.29 is 9.13 Å². The van der Waals surface area contributed by atoms with Gasteiger partial charge in [-0.05, 0) is 23.6 Å². The lowest BCUT2D eigenvalue weighted by atomic mass is 10.1. The van der Waals surface area contributed by atoms with Gasteiger partial charge in [0.1, 0.15) is 18.2 Å². The fourth-order valence-corrected chi connectivity index (χ4v) is 2.82. The van der Waals surface area contributed by atoms with Gasteiger partial charge in [-0.2, -0.15) is 0 Å². The van der Waals surface area contributed by atoms with Crippen molar-refractivity contribution in [3.8, 4) is 5.75 Å². The highest BCUT2D eigenvalue weighted by molar-refractivity contribution is 7.10. The van der Waals surface area contributed by atoms with E-state index < -0.39 is 0 Å². The summed E-state index contributed by atoms with van der Waals surface area (Å²) in [6.07, 6.45) is 0. The molecule has 124 valence electrons. The highest BCUT2D eigenvalue weighted by Crippen LogP contribution is 2.19. The number of ether oxygens (including phenoxy) is 1. The highest BCUT2D eigenvalue weighted by atomic mass is 32.1. The fraction of sp³-hybridized carbons (Fsp3) is 0.353. The number of nitrogens with zero attached hydrogens (tertiary/aromatic N) is 1. The van der Waals surface area contributed by atoms with Gasteiger partial charge in [-0.3, -0.25) is 4.99 Å². The van der Waals surface area contributed by atoms with Crippen molar-refractivity contribution in [2.75, 3.05) is 26.7 Å². The van der Waals surface area contributed by atoms with Gasteiger partial charge in [0.2, 0.25) is 0 Å². The van der Waals surface area contributed by atoms with Crippen LogP contribution in [0.2, 0.25) is 0 Å². The van der Waals surface area contributed by atoms with Crippen LogP contribution >= 0.6 is 11.3 Å². The lowest BCUT2D eigenvalue weighted by molar-refractivity contribution is 0.320. The lowest BCUT2D eigenvalue weighted by Crippen LogP contribution is -2.40. The first-order valence-electron chi connectivity index (χ1n) is 7.55. The molecule has 0 aliphatic heterocycles. The predicted molar refractivity (Wildman–Crippen MR) is 94.0 cm³/mol. The standard InChI is InChI=1S/C17H22FN3OS/c1-13(16-7-4-10-23-16)12-21-17(19-2)20-8-9-22-15-6-3-5-14(18)11-15/h3-7,10-11,13H,8-9,12H2,1-2H3,(H2,19,20,21). The molecule has 2 rings (SSSR count). The Balaban J connectivity index is 1.67. The van der Waals surface area contributed by atoms with Crippen LogP contribution < -0.4 is 15.4 Å². The van der Waals surface area contributed by atoms with E-state index in [1.54, 1.807) is 30.5 Å². The number of hydrogen-bond acceptors (Lipinski definition) is 3. The maximum absolute atomic E-state index is 13.0. The third-order valence-electron chi connectivity index (χ3n) is 3.29. The van der Waals surface area contributed by atoms with Gasteiger partial charge in [0.15, 0.2) is 5.96 Å². The minimum absolute atomic E-state index is 0.296. The van der Waals surface area contributed by atoms with Gasteiger partial charge in [-0.15, -0.1) is 11.3 Å². The predicted octanol–water partition coefficient (Wildman–Crippen LogP) is 3.23. The van der Waals surface area contributed by atoms with Gasteiger partial charge in [-0.1, -0.05) is 19.1 Å². The van der Waals surface area contributed by atoms with E-state index in [1.807, 2.05) is 0 Å². The molecule has 0 saturated heterocycles. The van der Waals surface area contributed by atoms with E-state index >= 15 is 0 Å². The molecular weight excluding hydrogens is 313 g/mol. The molecule has 6 heteroatoms. The van der Waals surface area contributed by atoms with E-state index in [2.05, 4.69) is 40.1 Å². The average Bonchev–Trinajstić information content (AvgIpc) is 3.08. The van der Waals surface area contributed by atoms with Gasteiger partial charge in [-0.25, -0.2) is 4.39 Å². The van der Waals surface area contributed by atoms with Crippen LogP contribution in [-0.4, -0.2) is 32.7 Å². The maximum atomic E-state index is 13.0. The van der Waals surface area contributed by atoms with Gasteiger partial charge in [0.05, 0.1) is 6.54 Å². The zero-order chi connectivity index (χ0) is 16.5. The lowest BCUT2D eigenvalue weighted by Gasteiger charge is -2.15. The quantitative estimate of drug-likeness (QED) is 0.464. The SMILES string of the molecule is CN=C(NCCOc1cccc(F)c1)NCC(C)c1cccs1. The molecule has 0 spiro atoms. The smallest absolute Gasteiger partial charge is 0.191 e. The van der Waals surface area contributed by atoms with E-state index in [0.29, 0.717) is 24.8 Å². The molecule has 0 aliphatic rings. The monoisotopic (exact) mass is 335 g/mol. The average molecular weight is 335 g/mol. The topological polar surface area (TPSA) is 45.7 Å². The number of thiophene rings is 1. The van der Waals surface area contributed by atoms with Gasteiger partial charge in [0, 0.05) is 30.5 Å². The van der Waals surface area contributed by atoms with Crippen LogP contribution in [0.5, 0.6) is 5.75 Å². The Kier molecular flexibility index (Phi) is 6.87. The zero-order valence-corrected chi connectivity index (χ0v) is 14.2. The molecule has 0 bridgehead atoms. The summed E-state index contributed by atoms with van der Waals surface area (Å²) in [6.45, 7) is 4.01. The summed E-state index contributed by atoms with van der Waals surface area (Å²) in [5.74, 6) is 1.39. The van der Waals surface area contributed by atoms with E-state index in [-0.39, 0.29) is 5.82 Å². The first-order valence-corrected chi connectivity index (χ1v) is 8.43. The van der Waals surface area contributed by atoms with Crippen molar-refractivity contribution in [1.29, 1.82) is 0 Å². The Bertz CT molecular complexity index is 616. The summed E-state index contributed by atoms with van der Waals surface area (Å²) in [7, 11) is 1.73.